The third kappa shape index (κ3) is 3.52. The van der Waals surface area contributed by atoms with Crippen LogP contribution in [0.15, 0.2) is 34.5 Å². The molecule has 1 heterocycles. The van der Waals surface area contributed by atoms with E-state index in [4.69, 9.17) is 17.3 Å². The van der Waals surface area contributed by atoms with E-state index in [1.165, 1.54) is 6.07 Å². The van der Waals surface area contributed by atoms with Crippen molar-refractivity contribution in [1.29, 1.82) is 0 Å². The van der Waals surface area contributed by atoms with Crippen molar-refractivity contribution in [3.05, 3.63) is 45.1 Å². The van der Waals surface area contributed by atoms with E-state index in [0.29, 0.717) is 29.2 Å². The van der Waals surface area contributed by atoms with E-state index >= 15 is 0 Å². The number of thiophene rings is 1. The normalized spacial score (nSPS) is 11.7. The Kier molecular flexibility index (Phi) is 4.70. The SMILES string of the molecule is Cc1c(N)cc(Cl)cc1S(=O)(=O)NCCc1cccs1. The Morgan fingerprint density at radius 1 is 1.40 bits per heavy atom. The van der Waals surface area contributed by atoms with E-state index < -0.39 is 10.0 Å². The quantitative estimate of drug-likeness (QED) is 0.828. The van der Waals surface area contributed by atoms with Gasteiger partial charge >= 0.3 is 0 Å². The van der Waals surface area contributed by atoms with Crippen molar-refractivity contribution in [3.8, 4) is 0 Å². The molecule has 0 aliphatic carbocycles. The Morgan fingerprint density at radius 2 is 2.15 bits per heavy atom. The van der Waals surface area contributed by atoms with E-state index in [0.717, 1.165) is 4.88 Å². The molecule has 2 rings (SSSR count). The van der Waals surface area contributed by atoms with Crippen LogP contribution in [0.4, 0.5) is 5.69 Å². The maximum absolute atomic E-state index is 12.3. The van der Waals surface area contributed by atoms with Crippen LogP contribution < -0.4 is 10.5 Å². The first-order chi connectivity index (χ1) is 9.40. The Balaban J connectivity index is 2.14. The molecule has 0 saturated heterocycles. The second-order valence-electron chi connectivity index (χ2n) is 4.35. The Labute approximate surface area is 127 Å². The van der Waals surface area contributed by atoms with Gasteiger partial charge in [-0.15, -0.1) is 11.3 Å². The van der Waals surface area contributed by atoms with Gasteiger partial charge < -0.3 is 5.73 Å². The van der Waals surface area contributed by atoms with Crippen LogP contribution in [0.1, 0.15) is 10.4 Å². The Hall–Kier alpha value is -1.08. The number of nitrogens with two attached hydrogens (primary N) is 1. The first-order valence-corrected chi connectivity index (χ1v) is 8.72. The van der Waals surface area contributed by atoms with E-state index in [-0.39, 0.29) is 4.90 Å². The van der Waals surface area contributed by atoms with Gasteiger partial charge in [0.1, 0.15) is 0 Å². The fourth-order valence-electron chi connectivity index (χ4n) is 1.79. The number of sulfonamides is 1. The Bertz CT molecular complexity index is 697. The highest BCUT2D eigenvalue weighted by Crippen LogP contribution is 2.25. The highest BCUT2D eigenvalue weighted by atomic mass is 35.5. The summed E-state index contributed by atoms with van der Waals surface area (Å²) in [5, 5.41) is 2.28. The number of hydrogen-bond donors (Lipinski definition) is 2. The van der Waals surface area contributed by atoms with Crippen molar-refractivity contribution in [2.24, 2.45) is 0 Å². The summed E-state index contributed by atoms with van der Waals surface area (Å²) >= 11 is 7.47. The number of nitrogens with one attached hydrogen (secondary N) is 1. The van der Waals surface area contributed by atoms with Gasteiger partial charge in [-0.25, -0.2) is 13.1 Å². The van der Waals surface area contributed by atoms with Gasteiger partial charge in [0.15, 0.2) is 0 Å². The fourth-order valence-corrected chi connectivity index (χ4v) is 4.12. The molecule has 1 aromatic carbocycles. The zero-order chi connectivity index (χ0) is 14.8. The summed E-state index contributed by atoms with van der Waals surface area (Å²) in [4.78, 5) is 1.27. The van der Waals surface area contributed by atoms with E-state index in [2.05, 4.69) is 4.72 Å². The molecule has 0 fully saturated rings. The van der Waals surface area contributed by atoms with Crippen molar-refractivity contribution in [3.63, 3.8) is 0 Å². The minimum atomic E-state index is -3.60. The van der Waals surface area contributed by atoms with Crippen LogP contribution in [0.2, 0.25) is 5.02 Å². The predicted molar refractivity (Wildman–Crippen MR) is 83.8 cm³/mol. The molecule has 0 aliphatic rings. The van der Waals surface area contributed by atoms with Crippen molar-refractivity contribution >= 4 is 38.6 Å². The van der Waals surface area contributed by atoms with E-state index in [9.17, 15) is 8.42 Å². The number of benzene rings is 1. The van der Waals surface area contributed by atoms with Crippen LogP contribution in [-0.4, -0.2) is 15.0 Å². The van der Waals surface area contributed by atoms with Gasteiger partial charge in [0.25, 0.3) is 0 Å². The number of rotatable bonds is 5. The minimum absolute atomic E-state index is 0.133. The van der Waals surface area contributed by atoms with Crippen molar-refractivity contribution in [2.45, 2.75) is 18.2 Å². The number of nitrogen functional groups attached to an aromatic ring is 1. The fraction of sp³-hybridized carbons (Fsp3) is 0.231. The average Bonchev–Trinajstić information content (AvgIpc) is 2.86. The lowest BCUT2D eigenvalue weighted by Gasteiger charge is -2.11. The molecule has 0 aliphatic heterocycles. The molecule has 2 aromatic rings. The molecule has 0 saturated carbocycles. The minimum Gasteiger partial charge on any atom is -0.398 e. The third-order valence-corrected chi connectivity index (χ3v) is 5.64. The summed E-state index contributed by atoms with van der Waals surface area (Å²) in [5.41, 5.74) is 6.63. The number of hydrogen-bond acceptors (Lipinski definition) is 4. The van der Waals surface area contributed by atoms with Crippen LogP contribution in [0.3, 0.4) is 0 Å². The summed E-state index contributed by atoms with van der Waals surface area (Å²) in [7, 11) is -3.60. The summed E-state index contributed by atoms with van der Waals surface area (Å²) in [6.45, 7) is 2.01. The second kappa shape index (κ2) is 6.13. The smallest absolute Gasteiger partial charge is 0.240 e. The van der Waals surface area contributed by atoms with Crippen LogP contribution in [0, 0.1) is 6.92 Å². The van der Waals surface area contributed by atoms with Crippen LogP contribution in [-0.2, 0) is 16.4 Å². The van der Waals surface area contributed by atoms with Crippen molar-refractivity contribution in [1.82, 2.24) is 4.72 Å². The summed E-state index contributed by atoms with van der Waals surface area (Å²) in [6.07, 6.45) is 0.659. The third-order valence-electron chi connectivity index (χ3n) is 2.90. The Morgan fingerprint density at radius 3 is 2.80 bits per heavy atom. The molecule has 108 valence electrons. The highest BCUT2D eigenvalue weighted by molar-refractivity contribution is 7.89. The number of anilines is 1. The first kappa shape index (κ1) is 15.3. The van der Waals surface area contributed by atoms with Crippen molar-refractivity contribution in [2.75, 3.05) is 12.3 Å². The molecule has 4 nitrogen and oxygen atoms in total. The van der Waals surface area contributed by atoms with Crippen LogP contribution >= 0.6 is 22.9 Å². The lowest BCUT2D eigenvalue weighted by Crippen LogP contribution is -2.26. The maximum Gasteiger partial charge on any atom is 0.240 e. The van der Waals surface area contributed by atoms with Crippen LogP contribution in [0.25, 0.3) is 0 Å². The summed E-state index contributed by atoms with van der Waals surface area (Å²) in [5.74, 6) is 0. The van der Waals surface area contributed by atoms with E-state index in [1.54, 1.807) is 24.3 Å². The topological polar surface area (TPSA) is 72.2 Å². The highest BCUT2D eigenvalue weighted by Gasteiger charge is 2.18. The van der Waals surface area contributed by atoms with Gasteiger partial charge in [-0.2, -0.15) is 0 Å². The first-order valence-electron chi connectivity index (χ1n) is 5.98. The molecule has 3 N–H and O–H groups in total. The molecule has 0 radical (unpaired) electrons. The molecule has 7 heteroatoms. The van der Waals surface area contributed by atoms with Gasteiger partial charge in [0.05, 0.1) is 4.90 Å². The van der Waals surface area contributed by atoms with Gasteiger partial charge in [-0.3, -0.25) is 0 Å². The lowest BCUT2D eigenvalue weighted by atomic mass is 10.2. The van der Waals surface area contributed by atoms with Gasteiger partial charge in [0.2, 0.25) is 10.0 Å². The average molecular weight is 331 g/mol. The van der Waals surface area contributed by atoms with Gasteiger partial charge in [0, 0.05) is 22.1 Å². The maximum atomic E-state index is 12.3. The van der Waals surface area contributed by atoms with Crippen molar-refractivity contribution < 1.29 is 8.42 Å². The number of halogens is 1. The largest absolute Gasteiger partial charge is 0.398 e. The zero-order valence-corrected chi connectivity index (χ0v) is 13.3. The monoisotopic (exact) mass is 330 g/mol. The molecule has 0 bridgehead atoms. The molecule has 0 unspecified atom stereocenters. The summed E-state index contributed by atoms with van der Waals surface area (Å²) in [6, 6.07) is 6.88. The second-order valence-corrected chi connectivity index (χ2v) is 7.55. The predicted octanol–water partition coefficient (Wildman–Crippen LogP) is 2.81. The standard InChI is InChI=1S/C13H15ClN2O2S2/c1-9-12(15)7-10(14)8-13(9)20(17,18)16-5-4-11-3-2-6-19-11/h2-3,6-8,16H,4-5,15H2,1H3. The molecule has 0 spiro atoms. The van der Waals surface area contributed by atoms with E-state index in [1.807, 2.05) is 17.5 Å². The summed E-state index contributed by atoms with van der Waals surface area (Å²) < 4.78 is 27.1. The molecule has 1 aromatic heterocycles. The molecule has 0 amide bonds. The zero-order valence-electron chi connectivity index (χ0n) is 10.9. The lowest BCUT2D eigenvalue weighted by molar-refractivity contribution is 0.581. The molecule has 20 heavy (non-hydrogen) atoms. The van der Waals surface area contributed by atoms with Gasteiger partial charge in [-0.05, 0) is 42.5 Å². The van der Waals surface area contributed by atoms with Gasteiger partial charge in [-0.1, -0.05) is 17.7 Å². The van der Waals surface area contributed by atoms with Crippen LogP contribution in [0.5, 0.6) is 0 Å². The molecular formula is C13H15ClN2O2S2. The molecule has 0 atom stereocenters. The molecular weight excluding hydrogens is 316 g/mol.